The summed E-state index contributed by atoms with van der Waals surface area (Å²) in [6.07, 6.45) is 0. The molecule has 1 aromatic carbocycles. The summed E-state index contributed by atoms with van der Waals surface area (Å²) in [5.41, 5.74) is 6.89. The summed E-state index contributed by atoms with van der Waals surface area (Å²) >= 11 is 0. The van der Waals surface area contributed by atoms with Crippen molar-refractivity contribution in [1.82, 2.24) is 10.2 Å². The Bertz CT molecular complexity index is 504. The molecule has 1 aromatic rings. The Morgan fingerprint density at radius 2 is 2.30 bits per heavy atom. The van der Waals surface area contributed by atoms with E-state index in [9.17, 15) is 9.59 Å². The maximum atomic E-state index is 11.5. The number of hydrogen-bond acceptors (Lipinski definition) is 5. The summed E-state index contributed by atoms with van der Waals surface area (Å²) in [5, 5.41) is 3.15. The summed E-state index contributed by atoms with van der Waals surface area (Å²) in [6, 6.07) is 6.91. The van der Waals surface area contributed by atoms with Gasteiger partial charge in [-0.3, -0.25) is 9.69 Å². The van der Waals surface area contributed by atoms with Crippen molar-refractivity contribution in [3.05, 3.63) is 35.4 Å². The fourth-order valence-electron chi connectivity index (χ4n) is 2.37. The fourth-order valence-corrected chi connectivity index (χ4v) is 2.37. The molecule has 1 atom stereocenters. The van der Waals surface area contributed by atoms with E-state index in [1.165, 1.54) is 7.11 Å². The van der Waals surface area contributed by atoms with Gasteiger partial charge in [0.2, 0.25) is 5.91 Å². The molecule has 1 fully saturated rings. The number of nitrogens with zero attached hydrogens (tertiary/aromatic N) is 1. The number of methoxy groups -OCH3 is 1. The van der Waals surface area contributed by atoms with E-state index in [1.54, 1.807) is 12.1 Å². The van der Waals surface area contributed by atoms with Crippen LogP contribution in [0.4, 0.5) is 0 Å². The molecule has 108 valence electrons. The fraction of sp³-hybridized carbons (Fsp3) is 0.429. The molecule has 1 aliphatic rings. The van der Waals surface area contributed by atoms with Crippen molar-refractivity contribution >= 4 is 11.9 Å². The maximum Gasteiger partial charge on any atom is 0.337 e. The minimum Gasteiger partial charge on any atom is -0.465 e. The van der Waals surface area contributed by atoms with Crippen LogP contribution < -0.4 is 11.1 Å². The lowest BCUT2D eigenvalue weighted by molar-refractivity contribution is -0.124. The number of carbonyl (C=O) groups is 2. The molecule has 0 bridgehead atoms. The molecular formula is C14H19N3O3. The van der Waals surface area contributed by atoms with Crippen LogP contribution in [-0.4, -0.2) is 49.6 Å². The smallest absolute Gasteiger partial charge is 0.337 e. The van der Waals surface area contributed by atoms with Crippen LogP contribution in [0.5, 0.6) is 0 Å². The van der Waals surface area contributed by atoms with Gasteiger partial charge in [0.1, 0.15) is 6.04 Å². The summed E-state index contributed by atoms with van der Waals surface area (Å²) in [6.45, 7) is 2.71. The van der Waals surface area contributed by atoms with Gasteiger partial charge in [-0.2, -0.15) is 0 Å². The summed E-state index contributed by atoms with van der Waals surface area (Å²) < 4.78 is 4.70. The van der Waals surface area contributed by atoms with E-state index in [0.717, 1.165) is 18.7 Å². The lowest BCUT2D eigenvalue weighted by atomic mass is 10.1. The first-order chi connectivity index (χ1) is 9.61. The average molecular weight is 277 g/mol. The number of esters is 1. The summed E-state index contributed by atoms with van der Waals surface area (Å²) in [5.74, 6) is -0.695. The molecule has 2 rings (SSSR count). The average Bonchev–Trinajstić information content (AvgIpc) is 2.47. The highest BCUT2D eigenvalue weighted by Gasteiger charge is 2.26. The molecule has 0 spiro atoms. The van der Waals surface area contributed by atoms with Gasteiger partial charge in [-0.05, 0) is 17.7 Å². The number of rotatable bonds is 4. The van der Waals surface area contributed by atoms with E-state index in [-0.39, 0.29) is 17.9 Å². The van der Waals surface area contributed by atoms with E-state index >= 15 is 0 Å². The van der Waals surface area contributed by atoms with Crippen molar-refractivity contribution in [3.8, 4) is 0 Å². The summed E-state index contributed by atoms with van der Waals surface area (Å²) in [7, 11) is 1.36. The first kappa shape index (κ1) is 14.5. The second-order valence-electron chi connectivity index (χ2n) is 4.78. The van der Waals surface area contributed by atoms with Crippen LogP contribution in [0.2, 0.25) is 0 Å². The van der Waals surface area contributed by atoms with E-state index in [1.807, 2.05) is 17.0 Å². The Balaban J connectivity index is 2.12. The molecule has 0 aromatic heterocycles. The molecule has 0 saturated carbocycles. The molecule has 0 aliphatic carbocycles. The predicted octanol–water partition coefficient (Wildman–Crippen LogP) is -0.268. The lowest BCUT2D eigenvalue weighted by Gasteiger charge is -2.34. The van der Waals surface area contributed by atoms with Gasteiger partial charge in [0.25, 0.3) is 0 Å². The molecule has 3 N–H and O–H groups in total. The molecule has 20 heavy (non-hydrogen) atoms. The first-order valence-corrected chi connectivity index (χ1v) is 6.53. The minimum absolute atomic E-state index is 0.314. The predicted molar refractivity (Wildman–Crippen MR) is 74.0 cm³/mol. The number of amides is 1. The molecular weight excluding hydrogens is 258 g/mol. The van der Waals surface area contributed by atoms with E-state index in [2.05, 4.69) is 5.32 Å². The third kappa shape index (κ3) is 3.34. The van der Waals surface area contributed by atoms with Crippen LogP contribution in [0, 0.1) is 0 Å². The van der Waals surface area contributed by atoms with Crippen molar-refractivity contribution in [1.29, 1.82) is 0 Å². The van der Waals surface area contributed by atoms with Crippen LogP contribution in [0.25, 0.3) is 0 Å². The Morgan fingerprint density at radius 3 is 3.00 bits per heavy atom. The largest absolute Gasteiger partial charge is 0.465 e. The van der Waals surface area contributed by atoms with E-state index in [0.29, 0.717) is 18.7 Å². The topological polar surface area (TPSA) is 84.7 Å². The zero-order valence-electron chi connectivity index (χ0n) is 11.5. The second kappa shape index (κ2) is 6.49. The SMILES string of the molecule is COC(=O)c1cccc(CN2CCNCC2C(N)=O)c1. The van der Waals surface area contributed by atoms with Gasteiger partial charge in [-0.1, -0.05) is 12.1 Å². The van der Waals surface area contributed by atoms with Crippen molar-refractivity contribution in [2.24, 2.45) is 5.73 Å². The van der Waals surface area contributed by atoms with E-state index in [4.69, 9.17) is 10.5 Å². The Morgan fingerprint density at radius 1 is 1.50 bits per heavy atom. The van der Waals surface area contributed by atoms with Gasteiger partial charge >= 0.3 is 5.97 Å². The third-order valence-electron chi connectivity index (χ3n) is 3.42. The van der Waals surface area contributed by atoms with Crippen LogP contribution >= 0.6 is 0 Å². The van der Waals surface area contributed by atoms with Crippen molar-refractivity contribution in [2.75, 3.05) is 26.7 Å². The summed E-state index contributed by atoms with van der Waals surface area (Å²) in [4.78, 5) is 25.0. The van der Waals surface area contributed by atoms with Gasteiger partial charge < -0.3 is 15.8 Å². The number of piperazine rings is 1. The van der Waals surface area contributed by atoms with Crippen molar-refractivity contribution in [3.63, 3.8) is 0 Å². The van der Waals surface area contributed by atoms with Crippen molar-refractivity contribution < 1.29 is 14.3 Å². The Kier molecular flexibility index (Phi) is 4.70. The molecule has 1 saturated heterocycles. The first-order valence-electron chi connectivity index (χ1n) is 6.53. The molecule has 1 amide bonds. The quantitative estimate of drug-likeness (QED) is 0.740. The van der Waals surface area contributed by atoms with Crippen LogP contribution in [-0.2, 0) is 16.1 Å². The number of carbonyl (C=O) groups excluding carboxylic acids is 2. The number of nitrogens with one attached hydrogen (secondary N) is 1. The van der Waals surface area contributed by atoms with Gasteiger partial charge in [0, 0.05) is 26.2 Å². The minimum atomic E-state index is -0.362. The van der Waals surface area contributed by atoms with Crippen LogP contribution in [0.15, 0.2) is 24.3 Å². The van der Waals surface area contributed by atoms with Crippen LogP contribution in [0.3, 0.4) is 0 Å². The molecule has 1 aliphatic heterocycles. The van der Waals surface area contributed by atoms with Gasteiger partial charge in [-0.25, -0.2) is 4.79 Å². The standard InChI is InChI=1S/C14H19N3O3/c1-20-14(19)11-4-2-3-10(7-11)9-17-6-5-16-8-12(17)13(15)18/h2-4,7,12,16H,5-6,8-9H2,1H3,(H2,15,18). The zero-order valence-corrected chi connectivity index (χ0v) is 11.5. The van der Waals surface area contributed by atoms with Crippen molar-refractivity contribution in [2.45, 2.75) is 12.6 Å². The highest BCUT2D eigenvalue weighted by molar-refractivity contribution is 5.89. The maximum absolute atomic E-state index is 11.5. The number of benzene rings is 1. The number of primary amides is 1. The third-order valence-corrected chi connectivity index (χ3v) is 3.42. The van der Waals surface area contributed by atoms with E-state index < -0.39 is 0 Å². The second-order valence-corrected chi connectivity index (χ2v) is 4.78. The highest BCUT2D eigenvalue weighted by Crippen LogP contribution is 2.13. The number of nitrogens with two attached hydrogens (primary N) is 1. The molecule has 1 heterocycles. The molecule has 6 heteroatoms. The number of ether oxygens (including phenoxy) is 1. The Hall–Kier alpha value is -1.92. The number of hydrogen-bond donors (Lipinski definition) is 2. The lowest BCUT2D eigenvalue weighted by Crippen LogP contribution is -2.56. The van der Waals surface area contributed by atoms with Gasteiger partial charge in [0.05, 0.1) is 12.7 Å². The Labute approximate surface area is 117 Å². The normalized spacial score (nSPS) is 19.6. The van der Waals surface area contributed by atoms with Crippen LogP contribution in [0.1, 0.15) is 15.9 Å². The molecule has 6 nitrogen and oxygen atoms in total. The molecule has 0 radical (unpaired) electrons. The van der Waals surface area contributed by atoms with Gasteiger partial charge in [-0.15, -0.1) is 0 Å². The highest BCUT2D eigenvalue weighted by atomic mass is 16.5. The zero-order chi connectivity index (χ0) is 14.5. The monoisotopic (exact) mass is 277 g/mol. The molecule has 1 unspecified atom stereocenters. The van der Waals surface area contributed by atoms with Gasteiger partial charge in [0.15, 0.2) is 0 Å².